The Bertz CT molecular complexity index is 2440. The van der Waals surface area contributed by atoms with Gasteiger partial charge < -0.3 is 40.7 Å². The van der Waals surface area contributed by atoms with Crippen molar-refractivity contribution < 1.29 is 38.7 Å². The number of hydrogen-bond donors (Lipinski definition) is 4. The van der Waals surface area contributed by atoms with Crippen LogP contribution in [0, 0.1) is 10.4 Å². The van der Waals surface area contributed by atoms with E-state index >= 15 is 0 Å². The number of carbonyl (C=O) groups excluding carboxylic acids is 2. The van der Waals surface area contributed by atoms with Crippen LogP contribution < -0.4 is 29.6 Å². The zero-order valence-electron chi connectivity index (χ0n) is 34.9. The summed E-state index contributed by atoms with van der Waals surface area (Å²) < 4.78 is 16.3. The molecule has 4 fully saturated rings. The highest BCUT2D eigenvalue weighted by Gasteiger charge is 2.34. The van der Waals surface area contributed by atoms with Gasteiger partial charge in [-0.1, -0.05) is 0 Å². The van der Waals surface area contributed by atoms with Crippen LogP contribution in [0.3, 0.4) is 0 Å². The summed E-state index contributed by atoms with van der Waals surface area (Å²) in [5.41, 5.74) is 3.98. The van der Waals surface area contributed by atoms with Crippen LogP contribution >= 0.6 is 0 Å². The summed E-state index contributed by atoms with van der Waals surface area (Å²) in [7, 11) is 3.08. The highest BCUT2D eigenvalue weighted by molar-refractivity contribution is 6.05. The van der Waals surface area contributed by atoms with Gasteiger partial charge in [0.15, 0.2) is 11.4 Å². The van der Waals surface area contributed by atoms with Crippen molar-refractivity contribution in [2.24, 2.45) is 0 Å². The molecule has 4 heterocycles. The van der Waals surface area contributed by atoms with E-state index in [1.165, 1.54) is 26.4 Å². The number of benzene rings is 2. The van der Waals surface area contributed by atoms with Crippen molar-refractivity contribution in [3.8, 4) is 11.5 Å². The van der Waals surface area contributed by atoms with Crippen LogP contribution in [0.4, 0.5) is 11.4 Å². The van der Waals surface area contributed by atoms with Crippen LogP contribution in [0.5, 0.6) is 11.5 Å². The molecule has 0 aliphatic heterocycles. The molecule has 4 saturated carbocycles. The smallest absolute Gasteiger partial charge is 0.321 e. The van der Waals surface area contributed by atoms with E-state index in [-0.39, 0.29) is 47.5 Å². The third-order valence-corrected chi connectivity index (χ3v) is 12.7. The van der Waals surface area contributed by atoms with Crippen LogP contribution in [0.1, 0.15) is 133 Å². The molecule has 0 bridgehead atoms. The minimum atomic E-state index is -0.469. The predicted octanol–water partition coefficient (Wildman–Crippen LogP) is 6.57. The second kappa shape index (κ2) is 17.2. The quantitative estimate of drug-likeness (QED) is 0.0862. The lowest BCUT2D eigenvalue weighted by Gasteiger charge is -2.25. The molecule has 62 heavy (non-hydrogen) atoms. The third-order valence-electron chi connectivity index (χ3n) is 12.7. The summed E-state index contributed by atoms with van der Waals surface area (Å²) in [5, 5.41) is 61.6. The van der Waals surface area contributed by atoms with E-state index in [0.717, 1.165) is 108 Å². The Kier molecular flexibility index (Phi) is 11.4. The van der Waals surface area contributed by atoms with E-state index in [1.807, 2.05) is 33.9 Å². The average molecular weight is 845 g/mol. The number of anilines is 2. The van der Waals surface area contributed by atoms with Gasteiger partial charge in [-0.3, -0.25) is 19.0 Å². The first kappa shape index (κ1) is 41.1. The molecule has 4 aromatic heterocycles. The van der Waals surface area contributed by atoms with Gasteiger partial charge in [0, 0.05) is 71.4 Å². The van der Waals surface area contributed by atoms with E-state index < -0.39 is 11.8 Å². The fourth-order valence-electron chi connectivity index (χ4n) is 8.79. The first-order valence-corrected chi connectivity index (χ1v) is 21.6. The topological polar surface area (TPSA) is 207 Å². The number of nitrogens with zero attached hydrogens (tertiary/aromatic N) is 6. The fourth-order valence-corrected chi connectivity index (χ4v) is 8.79. The van der Waals surface area contributed by atoms with E-state index in [2.05, 4.69) is 20.8 Å². The second-order valence-corrected chi connectivity index (χ2v) is 17.1. The molecule has 324 valence electrons. The van der Waals surface area contributed by atoms with Gasteiger partial charge in [-0.2, -0.15) is 19.7 Å². The van der Waals surface area contributed by atoms with Crippen LogP contribution in [0.25, 0.3) is 21.8 Å². The summed E-state index contributed by atoms with van der Waals surface area (Å²) in [6.45, 7) is 0. The van der Waals surface area contributed by atoms with E-state index in [4.69, 9.17) is 9.47 Å². The largest absolute Gasteiger partial charge is 0.618 e. The van der Waals surface area contributed by atoms with Crippen LogP contribution in [0.2, 0.25) is 0 Å². The van der Waals surface area contributed by atoms with Crippen molar-refractivity contribution in [2.75, 3.05) is 24.9 Å². The Morgan fingerprint density at radius 2 is 1.00 bits per heavy atom. The van der Waals surface area contributed by atoms with Crippen molar-refractivity contribution in [1.82, 2.24) is 19.6 Å². The van der Waals surface area contributed by atoms with Crippen molar-refractivity contribution >= 4 is 45.0 Å². The number of aromatic nitrogens is 6. The molecular formula is C46H52N8O8. The SMILES string of the molecule is COc1cc2nn(C3CCC(O)CC3)cc2cc1NC(=O)c1cccc(C2CC2)[n+]1[O-].COc1cc2nn(C3CCC(O)CC3)cc2cc1NC(=O)c1cccc(C2CC2)[n+]1[O-]. The van der Waals surface area contributed by atoms with E-state index in [0.29, 0.717) is 34.3 Å². The fraction of sp³-hybridized carbons (Fsp3) is 0.435. The summed E-state index contributed by atoms with van der Waals surface area (Å²) in [4.78, 5) is 25.8. The van der Waals surface area contributed by atoms with Crippen molar-refractivity contribution in [2.45, 2.75) is 113 Å². The molecule has 0 unspecified atom stereocenters. The van der Waals surface area contributed by atoms with Gasteiger partial charge in [0.1, 0.15) is 11.5 Å². The Balaban J connectivity index is 0.000000158. The molecule has 10 rings (SSSR count). The number of carbonyl (C=O) groups is 2. The van der Waals surface area contributed by atoms with E-state index in [9.17, 15) is 30.2 Å². The number of aliphatic hydroxyl groups is 2. The highest BCUT2D eigenvalue weighted by atomic mass is 16.5. The lowest BCUT2D eigenvalue weighted by atomic mass is 9.93. The van der Waals surface area contributed by atoms with Gasteiger partial charge in [-0.15, -0.1) is 0 Å². The van der Waals surface area contributed by atoms with Gasteiger partial charge in [0.05, 0.1) is 60.9 Å². The molecular weight excluding hydrogens is 793 g/mol. The van der Waals surface area contributed by atoms with Crippen LogP contribution in [-0.2, 0) is 0 Å². The summed E-state index contributed by atoms with van der Waals surface area (Å²) in [6, 6.07) is 17.9. The maximum absolute atomic E-state index is 12.9. The zero-order valence-corrected chi connectivity index (χ0v) is 34.9. The number of nitrogens with one attached hydrogen (secondary N) is 2. The highest BCUT2D eigenvalue weighted by Crippen LogP contribution is 2.40. The Morgan fingerprint density at radius 3 is 1.35 bits per heavy atom. The van der Waals surface area contributed by atoms with Gasteiger partial charge in [-0.25, -0.2) is 0 Å². The number of aliphatic hydroxyl groups excluding tert-OH is 2. The minimum Gasteiger partial charge on any atom is -0.618 e. The van der Waals surface area contributed by atoms with Crippen molar-refractivity contribution in [1.29, 1.82) is 0 Å². The van der Waals surface area contributed by atoms with Crippen molar-refractivity contribution in [3.05, 3.63) is 106 Å². The molecule has 2 aromatic carbocycles. The molecule has 16 heteroatoms. The lowest BCUT2D eigenvalue weighted by molar-refractivity contribution is -0.616. The second-order valence-electron chi connectivity index (χ2n) is 17.1. The number of methoxy groups -OCH3 is 2. The first-order chi connectivity index (χ1) is 30.1. The minimum absolute atomic E-state index is 0.0722. The molecule has 4 N–H and O–H groups in total. The first-order valence-electron chi connectivity index (χ1n) is 21.6. The number of pyridine rings is 2. The lowest BCUT2D eigenvalue weighted by Crippen LogP contribution is -2.40. The monoisotopic (exact) mass is 844 g/mol. The molecule has 16 nitrogen and oxygen atoms in total. The molecule has 4 aliphatic rings. The summed E-state index contributed by atoms with van der Waals surface area (Å²) >= 11 is 0. The standard InChI is InChI=1S/2C23H26N4O4/c2*1-31-22-12-18-15(13-26(25-18)16-7-9-17(28)10-8-16)11-19(22)24-23(29)21-4-2-3-20(27(21)30)14-5-6-14/h2*2-4,11-14,16-17,28H,5-10H2,1H3,(H,24,29). The van der Waals surface area contributed by atoms with E-state index in [1.54, 1.807) is 36.4 Å². The molecule has 4 aliphatic carbocycles. The number of amides is 2. The maximum Gasteiger partial charge on any atom is 0.321 e. The summed E-state index contributed by atoms with van der Waals surface area (Å²) in [6.07, 6.45) is 14.1. The van der Waals surface area contributed by atoms with Gasteiger partial charge in [0.2, 0.25) is 0 Å². The Labute approximate surface area is 358 Å². The van der Waals surface area contributed by atoms with Gasteiger partial charge in [-0.05, 0) is 101 Å². The van der Waals surface area contributed by atoms with Crippen LogP contribution in [-0.4, -0.2) is 68.0 Å². The number of rotatable bonds is 10. The predicted molar refractivity (Wildman–Crippen MR) is 230 cm³/mol. The normalized spacial score (nSPS) is 21.2. The molecule has 0 atom stereocenters. The molecule has 6 aromatic rings. The van der Waals surface area contributed by atoms with Gasteiger partial charge >= 0.3 is 11.8 Å². The number of hydrogen-bond acceptors (Lipinski definition) is 10. The Hall–Kier alpha value is -6.26. The molecule has 0 saturated heterocycles. The molecule has 0 spiro atoms. The Morgan fingerprint density at radius 1 is 0.613 bits per heavy atom. The number of fused-ring (bicyclic) bond motifs is 2. The van der Waals surface area contributed by atoms with Crippen LogP contribution in [0.15, 0.2) is 73.1 Å². The van der Waals surface area contributed by atoms with Crippen molar-refractivity contribution in [3.63, 3.8) is 0 Å². The molecule has 0 radical (unpaired) electrons. The van der Waals surface area contributed by atoms with Gasteiger partial charge in [0.25, 0.3) is 11.4 Å². The summed E-state index contributed by atoms with van der Waals surface area (Å²) in [5.74, 6) is 0.542. The number of ether oxygens (including phenoxy) is 2. The third kappa shape index (κ3) is 8.61. The maximum atomic E-state index is 12.9. The molecule has 2 amide bonds. The average Bonchev–Trinajstić information content (AvgIpc) is 4.22. The zero-order chi connectivity index (χ0) is 43.1.